The number of halogens is 1. The number of nitrogens with zero attached hydrogens (tertiary/aromatic N) is 3. The number of carbonyl (C=O) groups is 1. The highest BCUT2D eigenvalue weighted by atomic mass is 35.5. The predicted octanol–water partition coefficient (Wildman–Crippen LogP) is 1.99. The summed E-state index contributed by atoms with van der Waals surface area (Å²) >= 11 is 5.91. The maximum Gasteiger partial charge on any atom is 0.320 e. The lowest BCUT2D eigenvalue weighted by Gasteiger charge is -2.42. The molecule has 0 unspecified atom stereocenters. The van der Waals surface area contributed by atoms with Gasteiger partial charge in [0.2, 0.25) is 0 Å². The lowest BCUT2D eigenvalue weighted by molar-refractivity contribution is -0.0207. The second-order valence-corrected chi connectivity index (χ2v) is 7.03. The number of carbonyl (C=O) groups excluding carboxylic acids is 1. The number of hydrogen-bond donors (Lipinski definition) is 1. The number of piperidine rings is 1. The van der Waals surface area contributed by atoms with E-state index in [4.69, 9.17) is 11.6 Å². The number of likely N-dealkylation sites (N-methyl/N-ethyl adjacent to an activating group) is 1. The molecule has 2 heterocycles. The van der Waals surface area contributed by atoms with Gasteiger partial charge in [0.05, 0.1) is 5.60 Å². The Balaban J connectivity index is 1.59. The van der Waals surface area contributed by atoms with Crippen molar-refractivity contribution in [2.24, 2.45) is 0 Å². The molecule has 0 saturated carbocycles. The van der Waals surface area contributed by atoms with E-state index in [1.165, 1.54) is 0 Å². The summed E-state index contributed by atoms with van der Waals surface area (Å²) in [6.07, 6.45) is 1.13. The van der Waals surface area contributed by atoms with Crippen molar-refractivity contribution >= 4 is 17.6 Å². The molecule has 3 rings (SSSR count). The third-order valence-corrected chi connectivity index (χ3v) is 5.27. The zero-order valence-corrected chi connectivity index (χ0v) is 14.3. The normalized spacial score (nSPS) is 22.2. The van der Waals surface area contributed by atoms with E-state index >= 15 is 0 Å². The van der Waals surface area contributed by atoms with Crippen LogP contribution in [0, 0.1) is 0 Å². The van der Waals surface area contributed by atoms with Crippen molar-refractivity contribution in [1.29, 1.82) is 0 Å². The van der Waals surface area contributed by atoms with Crippen molar-refractivity contribution in [2.45, 2.75) is 18.4 Å². The van der Waals surface area contributed by atoms with E-state index in [9.17, 15) is 9.90 Å². The number of likely N-dealkylation sites (tertiary alicyclic amines) is 1. The van der Waals surface area contributed by atoms with E-state index in [1.54, 1.807) is 12.1 Å². The monoisotopic (exact) mass is 337 g/mol. The van der Waals surface area contributed by atoms with Gasteiger partial charge in [0.1, 0.15) is 0 Å². The number of benzene rings is 1. The average molecular weight is 338 g/mol. The van der Waals surface area contributed by atoms with Crippen LogP contribution in [0.15, 0.2) is 24.3 Å². The summed E-state index contributed by atoms with van der Waals surface area (Å²) in [7, 11) is 2.08. The number of rotatable bonds is 1. The van der Waals surface area contributed by atoms with Crippen LogP contribution in [-0.4, -0.2) is 72.2 Å². The largest absolute Gasteiger partial charge is 0.385 e. The van der Waals surface area contributed by atoms with Crippen molar-refractivity contribution in [1.82, 2.24) is 14.7 Å². The predicted molar refractivity (Wildman–Crippen MR) is 90.6 cm³/mol. The molecular formula is C17H24ClN3O2. The first kappa shape index (κ1) is 16.6. The van der Waals surface area contributed by atoms with Gasteiger partial charge in [-0.05, 0) is 37.6 Å². The van der Waals surface area contributed by atoms with E-state index in [0.29, 0.717) is 31.0 Å². The van der Waals surface area contributed by atoms with Crippen LogP contribution < -0.4 is 0 Å². The highest BCUT2D eigenvalue weighted by Crippen LogP contribution is 2.33. The zero-order valence-electron chi connectivity index (χ0n) is 13.5. The summed E-state index contributed by atoms with van der Waals surface area (Å²) in [5, 5.41) is 11.5. The summed E-state index contributed by atoms with van der Waals surface area (Å²) in [6.45, 7) is 4.59. The van der Waals surface area contributed by atoms with Gasteiger partial charge < -0.3 is 19.8 Å². The molecule has 0 aromatic heterocycles. The highest BCUT2D eigenvalue weighted by Gasteiger charge is 2.36. The quantitative estimate of drug-likeness (QED) is 0.852. The summed E-state index contributed by atoms with van der Waals surface area (Å²) < 4.78 is 0. The van der Waals surface area contributed by atoms with Crippen molar-refractivity contribution in [3.63, 3.8) is 0 Å². The molecule has 0 aliphatic carbocycles. The van der Waals surface area contributed by atoms with Crippen LogP contribution in [0.5, 0.6) is 0 Å². The topological polar surface area (TPSA) is 47.0 Å². The third-order valence-electron chi connectivity index (χ3n) is 5.02. The van der Waals surface area contributed by atoms with E-state index in [0.717, 1.165) is 31.7 Å². The second-order valence-electron chi connectivity index (χ2n) is 6.60. The molecule has 0 spiro atoms. The first-order chi connectivity index (χ1) is 11.0. The average Bonchev–Trinajstić information content (AvgIpc) is 2.56. The Bertz CT molecular complexity index is 547. The van der Waals surface area contributed by atoms with Crippen LogP contribution in [0.25, 0.3) is 0 Å². The molecule has 2 aliphatic heterocycles. The Labute approximate surface area is 142 Å². The standard InChI is InChI=1S/C17H24ClN3O2/c1-19-10-12-21(13-11-19)16(22)20-8-6-17(23,7-9-20)14-2-4-15(18)5-3-14/h2-5,23H,6-13H2,1H3. The minimum atomic E-state index is -0.858. The zero-order chi connectivity index (χ0) is 16.4. The lowest BCUT2D eigenvalue weighted by atomic mass is 9.84. The Morgan fingerprint density at radius 2 is 1.52 bits per heavy atom. The van der Waals surface area contributed by atoms with Crippen LogP contribution in [0.4, 0.5) is 4.79 Å². The molecule has 1 aromatic carbocycles. The minimum absolute atomic E-state index is 0.108. The molecule has 1 aromatic rings. The van der Waals surface area contributed by atoms with Crippen LogP contribution in [0.1, 0.15) is 18.4 Å². The van der Waals surface area contributed by atoms with Crippen LogP contribution in [0.2, 0.25) is 5.02 Å². The van der Waals surface area contributed by atoms with Gasteiger partial charge in [0, 0.05) is 44.3 Å². The Morgan fingerprint density at radius 3 is 2.09 bits per heavy atom. The molecular weight excluding hydrogens is 314 g/mol. The molecule has 0 bridgehead atoms. The fourth-order valence-corrected chi connectivity index (χ4v) is 3.44. The molecule has 2 amide bonds. The van der Waals surface area contributed by atoms with Gasteiger partial charge in [0.25, 0.3) is 0 Å². The van der Waals surface area contributed by atoms with Crippen molar-refractivity contribution in [2.75, 3.05) is 46.3 Å². The number of amides is 2. The van der Waals surface area contributed by atoms with Crippen LogP contribution in [-0.2, 0) is 5.60 Å². The summed E-state index contributed by atoms with van der Waals surface area (Å²) in [6, 6.07) is 7.46. The summed E-state index contributed by atoms with van der Waals surface area (Å²) in [4.78, 5) is 18.6. The molecule has 5 nitrogen and oxygen atoms in total. The number of piperazine rings is 1. The maximum atomic E-state index is 12.6. The van der Waals surface area contributed by atoms with E-state index < -0.39 is 5.60 Å². The smallest absolute Gasteiger partial charge is 0.320 e. The molecule has 2 saturated heterocycles. The minimum Gasteiger partial charge on any atom is -0.385 e. The Hall–Kier alpha value is -1.30. The van der Waals surface area contributed by atoms with Gasteiger partial charge in [-0.2, -0.15) is 0 Å². The third kappa shape index (κ3) is 3.62. The molecule has 0 radical (unpaired) electrons. The van der Waals surface area contributed by atoms with E-state index in [1.807, 2.05) is 21.9 Å². The van der Waals surface area contributed by atoms with Crippen molar-refractivity contribution in [3.8, 4) is 0 Å². The maximum absolute atomic E-state index is 12.6. The van der Waals surface area contributed by atoms with Crippen LogP contribution in [0.3, 0.4) is 0 Å². The molecule has 2 aliphatic rings. The van der Waals surface area contributed by atoms with Crippen molar-refractivity contribution in [3.05, 3.63) is 34.9 Å². The van der Waals surface area contributed by atoms with Gasteiger partial charge in [0.15, 0.2) is 0 Å². The molecule has 0 atom stereocenters. The molecule has 1 N–H and O–H groups in total. The first-order valence-corrected chi connectivity index (χ1v) is 8.56. The molecule has 126 valence electrons. The molecule has 23 heavy (non-hydrogen) atoms. The van der Waals surface area contributed by atoms with E-state index in [2.05, 4.69) is 11.9 Å². The van der Waals surface area contributed by atoms with E-state index in [-0.39, 0.29) is 6.03 Å². The Morgan fingerprint density at radius 1 is 1.00 bits per heavy atom. The fourth-order valence-electron chi connectivity index (χ4n) is 3.31. The van der Waals surface area contributed by atoms with Gasteiger partial charge in [-0.15, -0.1) is 0 Å². The summed E-state index contributed by atoms with van der Waals surface area (Å²) in [5.74, 6) is 0. The van der Waals surface area contributed by atoms with Gasteiger partial charge in [-0.25, -0.2) is 4.79 Å². The molecule has 2 fully saturated rings. The number of aliphatic hydroxyl groups is 1. The van der Waals surface area contributed by atoms with Crippen LogP contribution >= 0.6 is 11.6 Å². The van der Waals surface area contributed by atoms with Gasteiger partial charge >= 0.3 is 6.03 Å². The lowest BCUT2D eigenvalue weighted by Crippen LogP contribution is -2.54. The number of urea groups is 1. The van der Waals surface area contributed by atoms with Gasteiger partial charge in [-0.1, -0.05) is 23.7 Å². The SMILES string of the molecule is CN1CCN(C(=O)N2CCC(O)(c3ccc(Cl)cc3)CC2)CC1. The van der Waals surface area contributed by atoms with Crippen molar-refractivity contribution < 1.29 is 9.90 Å². The Kier molecular flexibility index (Phi) is 4.80. The highest BCUT2D eigenvalue weighted by molar-refractivity contribution is 6.30. The second kappa shape index (κ2) is 6.67. The summed E-state index contributed by atoms with van der Waals surface area (Å²) in [5.41, 5.74) is 0.0253. The molecule has 6 heteroatoms. The van der Waals surface area contributed by atoms with Gasteiger partial charge in [-0.3, -0.25) is 0 Å². The number of hydrogen-bond acceptors (Lipinski definition) is 3. The fraction of sp³-hybridized carbons (Fsp3) is 0.588. The first-order valence-electron chi connectivity index (χ1n) is 8.19.